The van der Waals surface area contributed by atoms with Gasteiger partial charge in [-0.05, 0) is 143 Å². The van der Waals surface area contributed by atoms with Crippen molar-refractivity contribution in [3.8, 4) is 16.8 Å². The molecule has 3 nitrogen and oxygen atoms in total. The van der Waals surface area contributed by atoms with Gasteiger partial charge in [-0.2, -0.15) is 0 Å². The van der Waals surface area contributed by atoms with Gasteiger partial charge in [-0.1, -0.05) is 101 Å². The molecule has 0 atom stereocenters. The van der Waals surface area contributed by atoms with E-state index in [-0.39, 0.29) is 5.41 Å². The molecule has 1 aliphatic rings. The highest BCUT2D eigenvalue weighted by Crippen LogP contribution is 2.55. The predicted octanol–water partition coefficient (Wildman–Crippen LogP) is 17.2. The number of halogens is 2. The fraction of sp³-hybridized carbons (Fsp3) is 0.216. The zero-order valence-corrected chi connectivity index (χ0v) is 39.4. The first-order valence-corrected chi connectivity index (χ1v) is 27.2. The lowest BCUT2D eigenvalue weighted by molar-refractivity contribution is 0.660. The van der Waals surface area contributed by atoms with Crippen LogP contribution in [0.25, 0.3) is 49.4 Å². The summed E-state index contributed by atoms with van der Waals surface area (Å²) in [5.74, 6) is 0. The first kappa shape index (κ1) is 39.8. The van der Waals surface area contributed by atoms with Crippen LogP contribution < -0.4 is 10.2 Å². The molecule has 9 rings (SSSR count). The quantitative estimate of drug-likeness (QED) is 0.0917. The molecule has 0 unspecified atom stereocenters. The summed E-state index contributed by atoms with van der Waals surface area (Å²) in [6.45, 7) is 10.3. The molecule has 7 heteroatoms. The highest BCUT2D eigenvalue weighted by atomic mass is 127. The van der Waals surface area contributed by atoms with E-state index in [0.29, 0.717) is 0 Å². The molecule has 0 fully saturated rings. The van der Waals surface area contributed by atoms with Crippen LogP contribution in [0.3, 0.4) is 0 Å². The maximum Gasteiger partial charge on any atom is 0.0543 e. The van der Waals surface area contributed by atoms with Gasteiger partial charge in [-0.15, -0.1) is 0 Å². The molecule has 8 aromatic rings. The van der Waals surface area contributed by atoms with E-state index in [2.05, 4.69) is 218 Å². The van der Waals surface area contributed by atoms with Crippen molar-refractivity contribution in [1.82, 2.24) is 4.57 Å². The Morgan fingerprint density at radius 2 is 1.24 bits per heavy atom. The first-order chi connectivity index (χ1) is 28.3. The molecule has 7 aromatic carbocycles. The van der Waals surface area contributed by atoms with Gasteiger partial charge in [0.15, 0.2) is 0 Å². The van der Waals surface area contributed by atoms with Crippen LogP contribution in [0.15, 0.2) is 143 Å². The summed E-state index contributed by atoms with van der Waals surface area (Å²) < 4.78 is 2.48. The Morgan fingerprint density at radius 1 is 0.621 bits per heavy atom. The smallest absolute Gasteiger partial charge is 0.0543 e. The molecule has 0 saturated carbocycles. The lowest BCUT2D eigenvalue weighted by Crippen LogP contribution is -2.17. The van der Waals surface area contributed by atoms with Crippen LogP contribution >= 0.6 is 60.3 Å². The fourth-order valence-electron chi connectivity index (χ4n) is 8.99. The molecular weight excluding hydrogens is 973 g/mol. The molecular formula is C51H47I2N3S2. The van der Waals surface area contributed by atoms with Crippen molar-refractivity contribution in [2.24, 2.45) is 0 Å². The minimum Gasteiger partial charge on any atom is -0.385 e. The number of unbranched alkanes of at least 4 members (excludes halogenated alkanes) is 2. The van der Waals surface area contributed by atoms with E-state index in [1.54, 1.807) is 17.9 Å². The first-order valence-electron chi connectivity index (χ1n) is 20.4. The number of hydrogen-bond acceptors (Lipinski definition) is 4. The molecule has 292 valence electrons. The van der Waals surface area contributed by atoms with E-state index < -0.39 is 0 Å². The van der Waals surface area contributed by atoms with Gasteiger partial charge in [-0.25, -0.2) is 0 Å². The Labute approximate surface area is 375 Å². The number of rotatable bonds is 13. The molecule has 0 bridgehead atoms. The van der Waals surface area contributed by atoms with Crippen LogP contribution in [0.2, 0.25) is 0 Å². The average molecular weight is 1020 g/mol. The number of fused-ring (bicyclic) bond motifs is 8. The van der Waals surface area contributed by atoms with Crippen LogP contribution in [-0.4, -0.2) is 11.1 Å². The van der Waals surface area contributed by atoms with Crippen LogP contribution in [-0.2, 0) is 11.8 Å². The summed E-state index contributed by atoms with van der Waals surface area (Å²) >= 11 is 4.79. The highest BCUT2D eigenvalue weighted by molar-refractivity contribution is 14.2. The van der Waals surface area contributed by atoms with Crippen molar-refractivity contribution < 1.29 is 0 Å². The SMILES string of the molecule is CCCCNc1ccc(N(c2ccc(CCCC)cc2)c2cc3c(c4ccccc24)-c2ccc(-n4c5ccc(SI)cc5c5cc(SI)ccc54)cc2C3(C)C)cc1. The van der Waals surface area contributed by atoms with E-state index in [1.807, 2.05) is 0 Å². The summed E-state index contributed by atoms with van der Waals surface area (Å²) in [7, 11) is 3.54. The third-order valence-corrected chi connectivity index (χ3v) is 15.9. The Balaban J connectivity index is 1.21. The standard InChI is InChI=1S/C51H47I2N3S2/c1-5-7-11-33-14-18-35(19-15-33)55(36-20-16-34(17-21-36)54-28-8-6-2)49-32-46-50(41-13-10-9-12-40(41)49)42-25-22-37(29-45(42)51(46,3)4)56-47-26-23-38(57-52)30-43(47)44-31-39(58-53)24-27-48(44)56/h9-10,12-27,29-32,54H,5-8,11,28H2,1-4H3. The van der Waals surface area contributed by atoms with E-state index in [0.717, 1.165) is 30.8 Å². The number of nitrogens with one attached hydrogen (secondary N) is 1. The lowest BCUT2D eigenvalue weighted by Gasteiger charge is -2.30. The monoisotopic (exact) mass is 1020 g/mol. The van der Waals surface area contributed by atoms with Crippen LogP contribution in [0.1, 0.15) is 70.1 Å². The van der Waals surface area contributed by atoms with Gasteiger partial charge in [0.25, 0.3) is 0 Å². The number of anilines is 4. The van der Waals surface area contributed by atoms with E-state index in [9.17, 15) is 0 Å². The van der Waals surface area contributed by atoms with Crippen molar-refractivity contribution in [2.75, 3.05) is 16.8 Å². The van der Waals surface area contributed by atoms with Gasteiger partial charge < -0.3 is 14.8 Å². The highest BCUT2D eigenvalue weighted by Gasteiger charge is 2.38. The summed E-state index contributed by atoms with van der Waals surface area (Å²) in [5, 5.41) is 8.77. The van der Waals surface area contributed by atoms with E-state index >= 15 is 0 Å². The Kier molecular flexibility index (Phi) is 11.5. The Hall–Kier alpha value is -3.64. The number of aryl methyl sites for hydroxylation is 1. The average Bonchev–Trinajstić information content (AvgIpc) is 3.70. The van der Waals surface area contributed by atoms with Crippen molar-refractivity contribution >= 4 is 116 Å². The van der Waals surface area contributed by atoms with Gasteiger partial charge in [0.2, 0.25) is 0 Å². The Bertz CT molecular complexity index is 2730. The number of benzene rings is 7. The van der Waals surface area contributed by atoms with Crippen molar-refractivity contribution in [2.45, 2.75) is 75.0 Å². The second kappa shape index (κ2) is 16.8. The molecule has 0 spiro atoms. The second-order valence-corrected chi connectivity index (χ2v) is 19.9. The van der Waals surface area contributed by atoms with Crippen LogP contribution in [0.5, 0.6) is 0 Å². The largest absolute Gasteiger partial charge is 0.385 e. The van der Waals surface area contributed by atoms with Crippen molar-refractivity contribution in [1.29, 1.82) is 0 Å². The van der Waals surface area contributed by atoms with E-state index in [1.165, 1.54) is 107 Å². The zero-order valence-electron chi connectivity index (χ0n) is 33.4. The Morgan fingerprint density at radius 3 is 1.86 bits per heavy atom. The van der Waals surface area contributed by atoms with Crippen LogP contribution in [0, 0.1) is 0 Å². The molecule has 0 amide bonds. The third kappa shape index (κ3) is 7.11. The maximum atomic E-state index is 3.62. The summed E-state index contributed by atoms with van der Waals surface area (Å²) in [6, 6.07) is 50.9. The van der Waals surface area contributed by atoms with Gasteiger partial charge in [0, 0.05) is 103 Å². The number of hydrogen-bond donors (Lipinski definition) is 1. The lowest BCUT2D eigenvalue weighted by atomic mass is 9.81. The third-order valence-electron chi connectivity index (χ3n) is 12.0. The van der Waals surface area contributed by atoms with Gasteiger partial charge >= 0.3 is 0 Å². The number of nitrogens with zero attached hydrogens (tertiary/aromatic N) is 2. The minimum absolute atomic E-state index is 0.239. The van der Waals surface area contributed by atoms with E-state index in [4.69, 9.17) is 0 Å². The molecule has 0 radical (unpaired) electrons. The fourth-order valence-corrected chi connectivity index (χ4v) is 11.2. The van der Waals surface area contributed by atoms with Crippen molar-refractivity contribution in [3.63, 3.8) is 0 Å². The minimum atomic E-state index is -0.239. The second-order valence-electron chi connectivity index (χ2n) is 16.0. The molecule has 0 aliphatic heterocycles. The summed E-state index contributed by atoms with van der Waals surface area (Å²) in [6.07, 6.45) is 5.85. The van der Waals surface area contributed by atoms with Gasteiger partial charge in [0.05, 0.1) is 16.7 Å². The van der Waals surface area contributed by atoms with Gasteiger partial charge in [0.1, 0.15) is 0 Å². The molecule has 1 aliphatic carbocycles. The topological polar surface area (TPSA) is 20.2 Å². The van der Waals surface area contributed by atoms with Crippen LogP contribution in [0.4, 0.5) is 22.7 Å². The zero-order chi connectivity index (χ0) is 40.0. The molecule has 1 N–H and O–H groups in total. The predicted molar refractivity (Wildman–Crippen MR) is 272 cm³/mol. The molecule has 1 heterocycles. The molecule has 1 aromatic heterocycles. The normalized spacial score (nSPS) is 13.0. The molecule has 58 heavy (non-hydrogen) atoms. The maximum absolute atomic E-state index is 3.62. The summed E-state index contributed by atoms with van der Waals surface area (Å²) in [5.41, 5.74) is 14.9. The summed E-state index contributed by atoms with van der Waals surface area (Å²) in [4.78, 5) is 5.03. The molecule has 0 saturated heterocycles. The van der Waals surface area contributed by atoms with Crippen molar-refractivity contribution in [3.05, 3.63) is 150 Å². The number of aromatic nitrogens is 1. The van der Waals surface area contributed by atoms with Gasteiger partial charge in [-0.3, -0.25) is 0 Å².